The number of urea groups is 1. The van der Waals surface area contributed by atoms with Crippen molar-refractivity contribution in [2.45, 2.75) is 33.1 Å². The minimum Gasteiger partial charge on any atom is -0.469 e. The Morgan fingerprint density at radius 2 is 1.81 bits per heavy atom. The van der Waals surface area contributed by atoms with Crippen LogP contribution in [0.1, 0.15) is 33.1 Å². The average molecular weight is 301 g/mol. The highest BCUT2D eigenvalue weighted by Gasteiger charge is 2.14. The number of hydrogen-bond acceptors (Lipinski definition) is 4. The molecule has 6 heteroatoms. The summed E-state index contributed by atoms with van der Waals surface area (Å²) in [5.74, 6) is 0.242. The normalized spacial score (nSPS) is 10.8. The highest BCUT2D eigenvalue weighted by Crippen LogP contribution is 2.01. The van der Waals surface area contributed by atoms with E-state index in [0.29, 0.717) is 18.9 Å². The fourth-order valence-corrected chi connectivity index (χ4v) is 1.84. The van der Waals surface area contributed by atoms with Gasteiger partial charge in [-0.1, -0.05) is 13.8 Å². The molecule has 0 saturated heterocycles. The van der Waals surface area contributed by atoms with Gasteiger partial charge in [-0.2, -0.15) is 0 Å². The van der Waals surface area contributed by atoms with Crippen LogP contribution in [0.5, 0.6) is 0 Å². The average Bonchev–Trinajstić information content (AvgIpc) is 2.41. The Hall–Kier alpha value is -1.30. The van der Waals surface area contributed by atoms with Gasteiger partial charge in [0.1, 0.15) is 0 Å². The van der Waals surface area contributed by atoms with Crippen LogP contribution in [0.3, 0.4) is 0 Å². The molecule has 0 aliphatic heterocycles. The van der Waals surface area contributed by atoms with Gasteiger partial charge < -0.3 is 19.9 Å². The summed E-state index contributed by atoms with van der Waals surface area (Å²) >= 11 is 0. The summed E-state index contributed by atoms with van der Waals surface area (Å²) < 4.78 is 4.58. The van der Waals surface area contributed by atoms with Crippen molar-refractivity contribution in [2.75, 3.05) is 47.4 Å². The quantitative estimate of drug-likeness (QED) is 0.491. The molecule has 0 aromatic rings. The molecule has 0 aromatic heterocycles. The third-order valence-corrected chi connectivity index (χ3v) is 3.00. The Morgan fingerprint density at radius 1 is 1.14 bits per heavy atom. The van der Waals surface area contributed by atoms with Crippen molar-refractivity contribution < 1.29 is 14.3 Å². The maximum atomic E-state index is 12.1. The molecule has 21 heavy (non-hydrogen) atoms. The summed E-state index contributed by atoms with van der Waals surface area (Å²) in [6, 6.07) is -0.0244. The number of ether oxygens (including phenoxy) is 1. The van der Waals surface area contributed by atoms with E-state index in [4.69, 9.17) is 0 Å². The van der Waals surface area contributed by atoms with Gasteiger partial charge in [0.05, 0.1) is 7.11 Å². The largest absolute Gasteiger partial charge is 0.469 e. The van der Waals surface area contributed by atoms with Crippen LogP contribution >= 0.6 is 0 Å². The highest BCUT2D eigenvalue weighted by atomic mass is 16.5. The Kier molecular flexibility index (Phi) is 10.7. The lowest BCUT2D eigenvalue weighted by Crippen LogP contribution is -2.45. The molecule has 6 nitrogen and oxygen atoms in total. The number of nitrogens with zero attached hydrogens (tertiary/aromatic N) is 2. The third kappa shape index (κ3) is 11.1. The first-order valence-electron chi connectivity index (χ1n) is 7.61. The molecule has 0 saturated carbocycles. The van der Waals surface area contributed by atoms with E-state index in [9.17, 15) is 9.59 Å². The Balaban J connectivity index is 4.01. The van der Waals surface area contributed by atoms with Crippen molar-refractivity contribution in [3.05, 3.63) is 0 Å². The molecular formula is C15H31N3O3. The summed E-state index contributed by atoms with van der Waals surface area (Å²) in [5.41, 5.74) is 0. The van der Waals surface area contributed by atoms with E-state index in [-0.39, 0.29) is 12.0 Å². The lowest BCUT2D eigenvalue weighted by Gasteiger charge is -2.26. The van der Waals surface area contributed by atoms with Crippen molar-refractivity contribution in [2.24, 2.45) is 5.92 Å². The van der Waals surface area contributed by atoms with E-state index in [1.807, 2.05) is 19.0 Å². The fourth-order valence-electron chi connectivity index (χ4n) is 1.84. The number of nitrogens with one attached hydrogen (secondary N) is 1. The van der Waals surface area contributed by atoms with Crippen molar-refractivity contribution in [1.82, 2.24) is 15.1 Å². The summed E-state index contributed by atoms with van der Waals surface area (Å²) in [7, 11) is 5.38. The monoisotopic (exact) mass is 301 g/mol. The first-order valence-corrected chi connectivity index (χ1v) is 7.61. The zero-order valence-electron chi connectivity index (χ0n) is 14.1. The van der Waals surface area contributed by atoms with Gasteiger partial charge in [0.25, 0.3) is 0 Å². The van der Waals surface area contributed by atoms with Crippen LogP contribution < -0.4 is 5.32 Å². The van der Waals surface area contributed by atoms with Crippen LogP contribution in [0.4, 0.5) is 4.79 Å². The number of methoxy groups -OCH3 is 1. The molecule has 0 rings (SSSR count). The second-order valence-electron chi connectivity index (χ2n) is 5.91. The Morgan fingerprint density at radius 3 is 2.33 bits per heavy atom. The van der Waals surface area contributed by atoms with Crippen LogP contribution in [0.25, 0.3) is 0 Å². The first kappa shape index (κ1) is 19.7. The maximum absolute atomic E-state index is 12.1. The van der Waals surface area contributed by atoms with E-state index in [1.54, 1.807) is 0 Å². The number of carbonyl (C=O) groups is 2. The van der Waals surface area contributed by atoms with Gasteiger partial charge in [0, 0.05) is 32.6 Å². The molecule has 0 aliphatic rings. The molecule has 1 N–H and O–H groups in total. The molecule has 0 aliphatic carbocycles. The molecule has 0 radical (unpaired) electrons. The lowest BCUT2D eigenvalue weighted by atomic mass is 10.2. The molecule has 0 heterocycles. The second-order valence-corrected chi connectivity index (χ2v) is 5.91. The van der Waals surface area contributed by atoms with Crippen molar-refractivity contribution >= 4 is 12.0 Å². The van der Waals surface area contributed by atoms with Gasteiger partial charge in [-0.05, 0) is 32.9 Å². The van der Waals surface area contributed by atoms with E-state index in [2.05, 4.69) is 28.8 Å². The smallest absolute Gasteiger partial charge is 0.317 e. The summed E-state index contributed by atoms with van der Waals surface area (Å²) in [4.78, 5) is 27.0. The zero-order chi connectivity index (χ0) is 16.3. The van der Waals surface area contributed by atoms with E-state index in [1.165, 1.54) is 7.11 Å². The minimum absolute atomic E-state index is 0.0244. The standard InChI is InChI=1S/C15H31N3O3/c1-13(2)12-18(11-10-17(3)4)15(20)16-9-7-6-8-14(19)21-5/h13H,6-12H2,1-5H3,(H,16,20). The summed E-state index contributed by atoms with van der Waals surface area (Å²) in [6.45, 7) is 7.12. The molecule has 124 valence electrons. The lowest BCUT2D eigenvalue weighted by molar-refractivity contribution is -0.140. The predicted molar refractivity (Wildman–Crippen MR) is 84.2 cm³/mol. The number of rotatable bonds is 10. The molecule has 0 spiro atoms. The molecular weight excluding hydrogens is 270 g/mol. The van der Waals surface area contributed by atoms with E-state index in [0.717, 1.165) is 32.5 Å². The van der Waals surface area contributed by atoms with Crippen LogP contribution in [0.2, 0.25) is 0 Å². The minimum atomic E-state index is -0.200. The molecule has 0 aromatic carbocycles. The molecule has 2 amide bonds. The predicted octanol–water partition coefficient (Wildman–Crippen LogP) is 1.56. The molecule has 0 unspecified atom stereocenters. The van der Waals surface area contributed by atoms with Crippen molar-refractivity contribution in [1.29, 1.82) is 0 Å². The van der Waals surface area contributed by atoms with Crippen LogP contribution in [0.15, 0.2) is 0 Å². The van der Waals surface area contributed by atoms with Gasteiger partial charge >= 0.3 is 12.0 Å². The molecule has 0 atom stereocenters. The number of unbranched alkanes of at least 4 members (excludes halogenated alkanes) is 1. The van der Waals surface area contributed by atoms with Gasteiger partial charge in [0.15, 0.2) is 0 Å². The molecule has 0 fully saturated rings. The van der Waals surface area contributed by atoms with Gasteiger partial charge in [-0.15, -0.1) is 0 Å². The Bertz CT molecular complexity index is 307. The van der Waals surface area contributed by atoms with Crippen molar-refractivity contribution in [3.63, 3.8) is 0 Å². The SMILES string of the molecule is COC(=O)CCCCNC(=O)N(CCN(C)C)CC(C)C. The summed E-state index contributed by atoms with van der Waals surface area (Å²) in [5, 5.41) is 2.92. The van der Waals surface area contributed by atoms with Gasteiger partial charge in [0.2, 0.25) is 0 Å². The number of hydrogen-bond donors (Lipinski definition) is 1. The maximum Gasteiger partial charge on any atom is 0.317 e. The number of esters is 1. The van der Waals surface area contributed by atoms with Crippen LogP contribution in [0, 0.1) is 5.92 Å². The van der Waals surface area contributed by atoms with Crippen LogP contribution in [-0.2, 0) is 9.53 Å². The van der Waals surface area contributed by atoms with Crippen LogP contribution in [-0.4, -0.2) is 69.2 Å². The number of carbonyl (C=O) groups excluding carboxylic acids is 2. The number of likely N-dealkylation sites (N-methyl/N-ethyl adjacent to an activating group) is 1. The fraction of sp³-hybridized carbons (Fsp3) is 0.867. The molecule has 0 bridgehead atoms. The summed E-state index contributed by atoms with van der Waals surface area (Å²) in [6.07, 6.45) is 1.92. The first-order chi connectivity index (χ1) is 9.86. The highest BCUT2D eigenvalue weighted by molar-refractivity contribution is 5.74. The van der Waals surface area contributed by atoms with Gasteiger partial charge in [-0.3, -0.25) is 4.79 Å². The van der Waals surface area contributed by atoms with E-state index >= 15 is 0 Å². The van der Waals surface area contributed by atoms with Gasteiger partial charge in [-0.25, -0.2) is 4.79 Å². The Labute approximate surface area is 128 Å². The third-order valence-electron chi connectivity index (χ3n) is 3.00. The van der Waals surface area contributed by atoms with E-state index < -0.39 is 0 Å². The second kappa shape index (κ2) is 11.4. The number of amides is 2. The van der Waals surface area contributed by atoms with Crippen molar-refractivity contribution in [3.8, 4) is 0 Å². The zero-order valence-corrected chi connectivity index (χ0v) is 14.1. The topological polar surface area (TPSA) is 61.9 Å².